The van der Waals surface area contributed by atoms with Gasteiger partial charge in [-0.2, -0.15) is 0 Å². The summed E-state index contributed by atoms with van der Waals surface area (Å²) in [6.07, 6.45) is 3.01. The molecule has 0 bridgehead atoms. The van der Waals surface area contributed by atoms with Crippen LogP contribution in [0.2, 0.25) is 0 Å². The van der Waals surface area contributed by atoms with Crippen molar-refractivity contribution in [3.05, 3.63) is 35.0 Å². The Bertz CT molecular complexity index is 715. The van der Waals surface area contributed by atoms with Gasteiger partial charge in [0.2, 0.25) is 0 Å². The summed E-state index contributed by atoms with van der Waals surface area (Å²) in [7, 11) is 0. The molecule has 1 aromatic heterocycles. The highest BCUT2D eigenvalue weighted by Gasteiger charge is 2.16. The van der Waals surface area contributed by atoms with Crippen LogP contribution < -0.4 is 5.32 Å². The van der Waals surface area contributed by atoms with E-state index in [1.807, 2.05) is 10.8 Å². The molecule has 2 N–H and O–H groups in total. The minimum absolute atomic E-state index is 0.0222. The van der Waals surface area contributed by atoms with Crippen LogP contribution in [-0.4, -0.2) is 53.3 Å². The summed E-state index contributed by atoms with van der Waals surface area (Å²) in [6.45, 7) is 9.51. The number of fused-ring (bicyclic) bond motifs is 1. The number of aromatic nitrogens is 1. The number of carboxylic acid groups (broad SMARTS) is 1. The van der Waals surface area contributed by atoms with Gasteiger partial charge >= 0.3 is 5.97 Å². The lowest BCUT2D eigenvalue weighted by atomic mass is 10.0. The standard InChI is InChI=1S/C18H25N3O2/c1-13-3-4-14(2)18-17(13)15(11-21(18)12-16(22)23)5-8-20-9-6-19-7-10-20/h3-4,11,19H,5-10,12H2,1-2H3,(H,22,23). The van der Waals surface area contributed by atoms with E-state index in [1.165, 1.54) is 16.5 Å². The zero-order chi connectivity index (χ0) is 16.4. The fourth-order valence-corrected chi connectivity index (χ4v) is 3.56. The van der Waals surface area contributed by atoms with Gasteiger partial charge in [-0.3, -0.25) is 4.79 Å². The Kier molecular flexibility index (Phi) is 4.68. The molecule has 0 aliphatic carbocycles. The van der Waals surface area contributed by atoms with Crippen LogP contribution in [0, 0.1) is 13.8 Å². The number of aryl methyl sites for hydroxylation is 2. The molecule has 5 heteroatoms. The van der Waals surface area contributed by atoms with Crippen molar-refractivity contribution >= 4 is 16.9 Å². The number of aliphatic carboxylic acids is 1. The summed E-state index contributed by atoms with van der Waals surface area (Å²) in [4.78, 5) is 13.7. The molecule has 0 spiro atoms. The van der Waals surface area contributed by atoms with Crippen LogP contribution >= 0.6 is 0 Å². The van der Waals surface area contributed by atoms with Crippen LogP contribution in [0.4, 0.5) is 0 Å². The predicted octanol–water partition coefficient (Wildman–Crippen LogP) is 1.79. The number of carboxylic acids is 1. The molecule has 0 amide bonds. The van der Waals surface area contributed by atoms with Gasteiger partial charge in [-0.05, 0) is 37.0 Å². The van der Waals surface area contributed by atoms with E-state index in [2.05, 4.69) is 36.2 Å². The van der Waals surface area contributed by atoms with Crippen LogP contribution in [0.3, 0.4) is 0 Å². The van der Waals surface area contributed by atoms with E-state index < -0.39 is 5.97 Å². The van der Waals surface area contributed by atoms with Crippen molar-refractivity contribution in [3.63, 3.8) is 0 Å². The lowest BCUT2D eigenvalue weighted by molar-refractivity contribution is -0.137. The Balaban J connectivity index is 1.92. The fraction of sp³-hybridized carbons (Fsp3) is 0.500. The highest BCUT2D eigenvalue weighted by molar-refractivity contribution is 5.90. The molecule has 1 saturated heterocycles. The average Bonchev–Trinajstić information content (AvgIpc) is 2.89. The molecular formula is C18H25N3O2. The van der Waals surface area contributed by atoms with Crippen molar-refractivity contribution < 1.29 is 9.90 Å². The Morgan fingerprint density at radius 2 is 1.91 bits per heavy atom. The van der Waals surface area contributed by atoms with Crippen molar-refractivity contribution in [3.8, 4) is 0 Å². The number of nitrogens with one attached hydrogen (secondary N) is 1. The topological polar surface area (TPSA) is 57.5 Å². The first-order valence-corrected chi connectivity index (χ1v) is 8.29. The third-order valence-electron chi connectivity index (χ3n) is 4.72. The smallest absolute Gasteiger partial charge is 0.323 e. The second-order valence-corrected chi connectivity index (χ2v) is 6.44. The number of nitrogens with zero attached hydrogens (tertiary/aromatic N) is 2. The van der Waals surface area contributed by atoms with Crippen molar-refractivity contribution in [2.24, 2.45) is 0 Å². The molecule has 0 atom stereocenters. The average molecular weight is 315 g/mol. The Labute approximate surface area is 136 Å². The van der Waals surface area contributed by atoms with E-state index in [-0.39, 0.29) is 6.54 Å². The van der Waals surface area contributed by atoms with Gasteiger partial charge in [0.1, 0.15) is 6.54 Å². The van der Waals surface area contributed by atoms with Gasteiger partial charge in [0, 0.05) is 44.3 Å². The first-order valence-electron chi connectivity index (χ1n) is 8.29. The summed E-state index contributed by atoms with van der Waals surface area (Å²) in [5, 5.41) is 13.8. The number of hydrogen-bond donors (Lipinski definition) is 2. The molecule has 1 fully saturated rings. The number of piperazine rings is 1. The second-order valence-electron chi connectivity index (χ2n) is 6.44. The van der Waals surface area contributed by atoms with Crippen LogP contribution in [0.25, 0.3) is 10.9 Å². The third kappa shape index (κ3) is 3.41. The maximum Gasteiger partial charge on any atom is 0.323 e. The molecular weight excluding hydrogens is 290 g/mol. The molecule has 23 heavy (non-hydrogen) atoms. The third-order valence-corrected chi connectivity index (χ3v) is 4.72. The summed E-state index contributed by atoms with van der Waals surface area (Å²) < 4.78 is 1.90. The van der Waals surface area contributed by atoms with Crippen LogP contribution in [0.15, 0.2) is 18.3 Å². The number of benzene rings is 1. The maximum absolute atomic E-state index is 11.2. The van der Waals surface area contributed by atoms with Crippen LogP contribution in [-0.2, 0) is 17.8 Å². The van der Waals surface area contributed by atoms with Gasteiger partial charge in [0.15, 0.2) is 0 Å². The monoisotopic (exact) mass is 315 g/mol. The number of hydrogen-bond acceptors (Lipinski definition) is 3. The van der Waals surface area contributed by atoms with E-state index in [1.54, 1.807) is 0 Å². The maximum atomic E-state index is 11.2. The van der Waals surface area contributed by atoms with Gasteiger partial charge in [0.05, 0.1) is 5.52 Å². The zero-order valence-electron chi connectivity index (χ0n) is 13.9. The lowest BCUT2D eigenvalue weighted by Gasteiger charge is -2.27. The highest BCUT2D eigenvalue weighted by atomic mass is 16.4. The van der Waals surface area contributed by atoms with Crippen molar-refractivity contribution in [2.75, 3.05) is 32.7 Å². The van der Waals surface area contributed by atoms with Crippen molar-refractivity contribution in [1.29, 1.82) is 0 Å². The molecule has 3 rings (SSSR count). The molecule has 1 aromatic carbocycles. The van der Waals surface area contributed by atoms with E-state index >= 15 is 0 Å². The Morgan fingerprint density at radius 1 is 1.22 bits per heavy atom. The normalized spacial score (nSPS) is 16.1. The molecule has 0 saturated carbocycles. The second kappa shape index (κ2) is 6.72. The number of carbonyl (C=O) groups is 1. The van der Waals surface area contributed by atoms with E-state index in [0.29, 0.717) is 0 Å². The largest absolute Gasteiger partial charge is 0.480 e. The highest BCUT2D eigenvalue weighted by Crippen LogP contribution is 2.28. The van der Waals surface area contributed by atoms with Crippen LogP contribution in [0.5, 0.6) is 0 Å². The first kappa shape index (κ1) is 16.0. The predicted molar refractivity (Wildman–Crippen MR) is 92.1 cm³/mol. The Morgan fingerprint density at radius 3 is 2.61 bits per heavy atom. The summed E-state index contributed by atoms with van der Waals surface area (Å²) >= 11 is 0. The summed E-state index contributed by atoms with van der Waals surface area (Å²) in [5.74, 6) is -0.795. The van der Waals surface area contributed by atoms with Crippen molar-refractivity contribution in [2.45, 2.75) is 26.8 Å². The van der Waals surface area contributed by atoms with Gasteiger partial charge in [-0.15, -0.1) is 0 Å². The summed E-state index contributed by atoms with van der Waals surface area (Å²) in [6, 6.07) is 4.22. The van der Waals surface area contributed by atoms with Crippen LogP contribution in [0.1, 0.15) is 16.7 Å². The summed E-state index contributed by atoms with van der Waals surface area (Å²) in [5.41, 5.74) is 4.70. The van der Waals surface area contributed by atoms with Gasteiger partial charge < -0.3 is 19.9 Å². The Hall–Kier alpha value is -1.85. The minimum Gasteiger partial charge on any atom is -0.480 e. The van der Waals surface area contributed by atoms with Gasteiger partial charge in [-0.25, -0.2) is 0 Å². The molecule has 5 nitrogen and oxygen atoms in total. The molecule has 0 unspecified atom stereocenters. The zero-order valence-corrected chi connectivity index (χ0v) is 13.9. The first-order chi connectivity index (χ1) is 11.1. The quantitative estimate of drug-likeness (QED) is 0.883. The van der Waals surface area contributed by atoms with Gasteiger partial charge in [0.25, 0.3) is 0 Å². The lowest BCUT2D eigenvalue weighted by Crippen LogP contribution is -2.44. The van der Waals surface area contributed by atoms with Crippen molar-refractivity contribution in [1.82, 2.24) is 14.8 Å². The minimum atomic E-state index is -0.795. The van der Waals surface area contributed by atoms with Gasteiger partial charge in [-0.1, -0.05) is 12.1 Å². The molecule has 124 valence electrons. The molecule has 2 aromatic rings. The molecule has 2 heterocycles. The fourth-order valence-electron chi connectivity index (χ4n) is 3.56. The van der Waals surface area contributed by atoms with E-state index in [9.17, 15) is 9.90 Å². The van der Waals surface area contributed by atoms with E-state index in [4.69, 9.17) is 0 Å². The molecule has 1 aliphatic rings. The van der Waals surface area contributed by atoms with E-state index in [0.717, 1.165) is 50.2 Å². The number of rotatable bonds is 5. The molecule has 0 radical (unpaired) electrons. The molecule has 1 aliphatic heterocycles. The SMILES string of the molecule is Cc1ccc(C)c2c1c(CCN1CCNCC1)cn2CC(=O)O.